The van der Waals surface area contributed by atoms with Crippen molar-refractivity contribution in [3.63, 3.8) is 0 Å². The first-order valence-corrected chi connectivity index (χ1v) is 13.8. The van der Waals surface area contributed by atoms with Gasteiger partial charge in [0.05, 0.1) is 7.11 Å². The zero-order valence-electron chi connectivity index (χ0n) is 23.0. The van der Waals surface area contributed by atoms with Crippen LogP contribution in [0, 0.1) is 0 Å². The molecule has 6 heteroatoms. The molecule has 0 heterocycles. The minimum Gasteiger partial charge on any atom is -0.508 e. The molecular weight excluding hydrogens is 476 g/mol. The zero-order chi connectivity index (χ0) is 26.7. The molecule has 0 spiro atoms. The van der Waals surface area contributed by atoms with Crippen LogP contribution in [0.15, 0.2) is 60.7 Å². The summed E-state index contributed by atoms with van der Waals surface area (Å²) in [6.07, 6.45) is 4.04. The molecule has 6 nitrogen and oxygen atoms in total. The van der Waals surface area contributed by atoms with Crippen LogP contribution in [0.3, 0.4) is 0 Å². The fraction of sp³-hybridized carbons (Fsp3) is 0.438. The third-order valence-corrected chi connectivity index (χ3v) is 7.36. The SMILES string of the molecule is CCN(Cc1ccc(OCCNCCCOC)cc1)c1cc(OC)ccc1C1CCc2cc(O)ccc2C1. The Hall–Kier alpha value is -3.22. The van der Waals surface area contributed by atoms with Crippen molar-refractivity contribution in [1.29, 1.82) is 0 Å². The molecule has 0 saturated carbocycles. The molecule has 0 fully saturated rings. The van der Waals surface area contributed by atoms with E-state index in [0.717, 1.165) is 70.0 Å². The van der Waals surface area contributed by atoms with Crippen LogP contribution in [0.2, 0.25) is 0 Å². The van der Waals surface area contributed by atoms with Crippen LogP contribution in [0.1, 0.15) is 47.9 Å². The Bertz CT molecular complexity index is 1150. The quantitative estimate of drug-likeness (QED) is 0.267. The van der Waals surface area contributed by atoms with Gasteiger partial charge >= 0.3 is 0 Å². The molecule has 2 N–H and O–H groups in total. The van der Waals surface area contributed by atoms with Crippen LogP contribution in [-0.2, 0) is 24.1 Å². The molecule has 3 aromatic carbocycles. The van der Waals surface area contributed by atoms with Crippen molar-refractivity contribution in [2.24, 2.45) is 0 Å². The number of aryl methyl sites for hydroxylation is 1. The second-order valence-electron chi connectivity index (χ2n) is 9.92. The molecule has 0 aromatic heterocycles. The highest BCUT2D eigenvalue weighted by atomic mass is 16.5. The number of fused-ring (bicyclic) bond motifs is 1. The predicted octanol–water partition coefficient (Wildman–Crippen LogP) is 5.70. The summed E-state index contributed by atoms with van der Waals surface area (Å²) < 4.78 is 16.6. The lowest BCUT2D eigenvalue weighted by Crippen LogP contribution is -2.25. The average molecular weight is 519 g/mol. The molecule has 1 aliphatic carbocycles. The molecule has 3 aromatic rings. The smallest absolute Gasteiger partial charge is 0.120 e. The third kappa shape index (κ3) is 7.42. The van der Waals surface area contributed by atoms with E-state index in [1.165, 1.54) is 27.9 Å². The molecule has 204 valence electrons. The Balaban J connectivity index is 1.42. The molecule has 38 heavy (non-hydrogen) atoms. The number of nitrogens with one attached hydrogen (secondary N) is 1. The topological polar surface area (TPSA) is 63.2 Å². The molecule has 1 aliphatic rings. The molecule has 4 rings (SSSR count). The Kier molecular flexibility index (Phi) is 10.3. The van der Waals surface area contributed by atoms with E-state index in [1.54, 1.807) is 20.3 Å². The van der Waals surface area contributed by atoms with Crippen molar-refractivity contribution >= 4 is 5.69 Å². The Morgan fingerprint density at radius 2 is 1.74 bits per heavy atom. The van der Waals surface area contributed by atoms with E-state index in [9.17, 15) is 5.11 Å². The van der Waals surface area contributed by atoms with Crippen molar-refractivity contribution in [3.8, 4) is 17.2 Å². The first kappa shape index (κ1) is 27.8. The van der Waals surface area contributed by atoms with Crippen LogP contribution in [0.5, 0.6) is 17.2 Å². The fourth-order valence-corrected chi connectivity index (χ4v) is 5.26. The van der Waals surface area contributed by atoms with E-state index in [4.69, 9.17) is 14.2 Å². The summed E-state index contributed by atoms with van der Waals surface area (Å²) >= 11 is 0. The highest BCUT2D eigenvalue weighted by molar-refractivity contribution is 5.60. The van der Waals surface area contributed by atoms with E-state index in [0.29, 0.717) is 18.3 Å². The maximum atomic E-state index is 9.89. The van der Waals surface area contributed by atoms with Crippen molar-refractivity contribution in [1.82, 2.24) is 5.32 Å². The number of anilines is 1. The van der Waals surface area contributed by atoms with Gasteiger partial charge in [-0.1, -0.05) is 24.3 Å². The summed E-state index contributed by atoms with van der Waals surface area (Å²) in [5.74, 6) is 2.56. The molecule has 0 radical (unpaired) electrons. The summed E-state index contributed by atoms with van der Waals surface area (Å²) in [6.45, 7) is 7.09. The zero-order valence-corrected chi connectivity index (χ0v) is 23.0. The first-order chi connectivity index (χ1) is 18.6. The van der Waals surface area contributed by atoms with Gasteiger partial charge in [-0.25, -0.2) is 0 Å². The second-order valence-corrected chi connectivity index (χ2v) is 9.92. The molecule has 0 saturated heterocycles. The van der Waals surface area contributed by atoms with Crippen LogP contribution < -0.4 is 19.7 Å². The van der Waals surface area contributed by atoms with Gasteiger partial charge in [-0.05, 0) is 97.7 Å². The van der Waals surface area contributed by atoms with Crippen LogP contribution in [0.4, 0.5) is 5.69 Å². The molecule has 0 amide bonds. The molecule has 1 atom stereocenters. The van der Waals surface area contributed by atoms with Gasteiger partial charge in [0.15, 0.2) is 0 Å². The second kappa shape index (κ2) is 14.1. The number of aromatic hydroxyl groups is 1. The minimum atomic E-state index is 0.357. The summed E-state index contributed by atoms with van der Waals surface area (Å²) in [6, 6.07) is 20.8. The number of nitrogens with zero attached hydrogens (tertiary/aromatic N) is 1. The van der Waals surface area contributed by atoms with Crippen LogP contribution >= 0.6 is 0 Å². The van der Waals surface area contributed by atoms with E-state index in [2.05, 4.69) is 65.7 Å². The third-order valence-electron chi connectivity index (χ3n) is 7.36. The lowest BCUT2D eigenvalue weighted by atomic mass is 9.79. The number of rotatable bonds is 14. The summed E-state index contributed by atoms with van der Waals surface area (Å²) in [4.78, 5) is 2.43. The number of ether oxygens (including phenoxy) is 3. The summed E-state index contributed by atoms with van der Waals surface area (Å²) in [5.41, 5.74) is 6.45. The molecule has 1 unspecified atom stereocenters. The van der Waals surface area contributed by atoms with Crippen molar-refractivity contribution < 1.29 is 19.3 Å². The Labute approximate surface area is 227 Å². The average Bonchev–Trinajstić information content (AvgIpc) is 2.95. The van der Waals surface area contributed by atoms with Gasteiger partial charge in [0.2, 0.25) is 0 Å². The number of phenolic OH excluding ortho intramolecular Hbond substituents is 1. The standard InChI is InChI=1S/C32H42N2O4/c1-4-34(23-24-6-12-29(13-7-24)38-19-17-33-16-5-18-36-2)32-22-30(37-3)14-15-31(32)27-9-8-26-21-28(35)11-10-25(26)20-27/h6-7,10-15,21-22,27,33,35H,4-5,8-9,16-20,23H2,1-3H3. The predicted molar refractivity (Wildman–Crippen MR) is 154 cm³/mol. The highest BCUT2D eigenvalue weighted by Gasteiger charge is 2.24. The number of phenols is 1. The van der Waals surface area contributed by atoms with Crippen molar-refractivity contribution in [2.75, 3.05) is 52.0 Å². The molecule has 0 aliphatic heterocycles. The van der Waals surface area contributed by atoms with Gasteiger partial charge in [-0.2, -0.15) is 0 Å². The number of hydrogen-bond donors (Lipinski definition) is 2. The molecular formula is C32H42N2O4. The Morgan fingerprint density at radius 3 is 2.50 bits per heavy atom. The number of hydrogen-bond acceptors (Lipinski definition) is 6. The number of methoxy groups -OCH3 is 2. The monoisotopic (exact) mass is 518 g/mol. The van der Waals surface area contributed by atoms with Crippen molar-refractivity contribution in [2.45, 2.75) is 45.1 Å². The number of benzene rings is 3. The van der Waals surface area contributed by atoms with E-state index >= 15 is 0 Å². The largest absolute Gasteiger partial charge is 0.508 e. The Morgan fingerprint density at radius 1 is 0.921 bits per heavy atom. The van der Waals surface area contributed by atoms with E-state index in [-0.39, 0.29) is 0 Å². The van der Waals surface area contributed by atoms with E-state index in [1.807, 2.05) is 6.07 Å². The minimum absolute atomic E-state index is 0.357. The van der Waals surface area contributed by atoms with Gasteiger partial charge in [-0.3, -0.25) is 0 Å². The highest BCUT2D eigenvalue weighted by Crippen LogP contribution is 2.40. The summed E-state index contributed by atoms with van der Waals surface area (Å²) in [7, 11) is 3.46. The maximum absolute atomic E-state index is 9.89. The maximum Gasteiger partial charge on any atom is 0.120 e. The van der Waals surface area contributed by atoms with Gasteiger partial charge in [0.25, 0.3) is 0 Å². The van der Waals surface area contributed by atoms with Crippen LogP contribution in [-0.4, -0.2) is 52.2 Å². The van der Waals surface area contributed by atoms with Gasteiger partial charge in [0, 0.05) is 45.1 Å². The van der Waals surface area contributed by atoms with Crippen molar-refractivity contribution in [3.05, 3.63) is 82.9 Å². The normalized spacial score (nSPS) is 14.7. The summed E-state index contributed by atoms with van der Waals surface area (Å²) in [5, 5.41) is 13.3. The lowest BCUT2D eigenvalue weighted by molar-refractivity contribution is 0.193. The van der Waals surface area contributed by atoms with Crippen LogP contribution in [0.25, 0.3) is 0 Å². The molecule has 0 bridgehead atoms. The van der Waals surface area contributed by atoms with E-state index < -0.39 is 0 Å². The fourth-order valence-electron chi connectivity index (χ4n) is 5.26. The van der Waals surface area contributed by atoms with Gasteiger partial charge < -0.3 is 29.5 Å². The lowest BCUT2D eigenvalue weighted by Gasteiger charge is -2.32. The first-order valence-electron chi connectivity index (χ1n) is 13.8. The van der Waals surface area contributed by atoms with Gasteiger partial charge in [-0.15, -0.1) is 0 Å². The van der Waals surface area contributed by atoms with Gasteiger partial charge in [0.1, 0.15) is 23.9 Å².